The fourth-order valence-corrected chi connectivity index (χ4v) is 3.69. The van der Waals surface area contributed by atoms with Gasteiger partial charge < -0.3 is 14.6 Å². The average Bonchev–Trinajstić information content (AvgIpc) is 2.68. The van der Waals surface area contributed by atoms with E-state index in [4.69, 9.17) is 0 Å². The molecule has 0 bridgehead atoms. The van der Waals surface area contributed by atoms with Crippen molar-refractivity contribution >= 4 is 5.91 Å². The number of likely N-dealkylation sites (tertiary alicyclic amines) is 1. The molecule has 2 aromatic rings. The first-order valence-electron chi connectivity index (χ1n) is 9.24. The Morgan fingerprint density at radius 3 is 2.57 bits per heavy atom. The minimum atomic E-state index is -0.994. The van der Waals surface area contributed by atoms with Crippen LogP contribution in [0.1, 0.15) is 30.1 Å². The Labute approximate surface area is 161 Å². The lowest BCUT2D eigenvalue weighted by molar-refractivity contribution is -0.132. The molecule has 1 saturated heterocycles. The zero-order valence-corrected chi connectivity index (χ0v) is 16.0. The van der Waals surface area contributed by atoms with E-state index in [-0.39, 0.29) is 29.6 Å². The van der Waals surface area contributed by atoms with Crippen molar-refractivity contribution in [2.45, 2.75) is 25.4 Å². The van der Waals surface area contributed by atoms with Gasteiger partial charge in [-0.2, -0.15) is 0 Å². The van der Waals surface area contributed by atoms with Gasteiger partial charge in [-0.25, -0.2) is 9.18 Å². The highest BCUT2D eigenvalue weighted by molar-refractivity contribution is 5.78. The first-order chi connectivity index (χ1) is 13.3. The lowest BCUT2D eigenvalue weighted by Gasteiger charge is -2.34. The maximum Gasteiger partial charge on any atom is 0.330 e. The van der Waals surface area contributed by atoms with Crippen LogP contribution in [-0.4, -0.2) is 38.1 Å². The molecule has 1 atom stereocenters. The molecule has 28 heavy (non-hydrogen) atoms. The number of nitrogens with zero attached hydrogens (tertiary/aromatic N) is 3. The molecule has 1 amide bonds. The molecule has 1 fully saturated rings. The molecule has 0 radical (unpaired) electrons. The number of halogens is 1. The van der Waals surface area contributed by atoms with Crippen molar-refractivity contribution in [1.82, 2.24) is 14.0 Å². The van der Waals surface area contributed by atoms with Gasteiger partial charge in [0.25, 0.3) is 5.56 Å². The molecule has 0 spiro atoms. The number of aliphatic hydroxyl groups excluding tert-OH is 1. The van der Waals surface area contributed by atoms with Gasteiger partial charge in [-0.1, -0.05) is 12.1 Å². The van der Waals surface area contributed by atoms with E-state index >= 15 is 0 Å². The Morgan fingerprint density at radius 2 is 1.93 bits per heavy atom. The number of hydrogen-bond donors (Lipinski definition) is 1. The van der Waals surface area contributed by atoms with Crippen LogP contribution in [0.25, 0.3) is 0 Å². The van der Waals surface area contributed by atoms with Gasteiger partial charge in [0.05, 0.1) is 18.1 Å². The first-order valence-corrected chi connectivity index (χ1v) is 9.24. The Morgan fingerprint density at radius 1 is 1.25 bits per heavy atom. The predicted octanol–water partition coefficient (Wildman–Crippen LogP) is 0.738. The predicted molar refractivity (Wildman–Crippen MR) is 101 cm³/mol. The van der Waals surface area contributed by atoms with Crippen molar-refractivity contribution in [3.8, 4) is 0 Å². The minimum Gasteiger partial charge on any atom is -0.388 e. The van der Waals surface area contributed by atoms with Crippen LogP contribution in [0.5, 0.6) is 0 Å². The van der Waals surface area contributed by atoms with E-state index in [2.05, 4.69) is 0 Å². The van der Waals surface area contributed by atoms with E-state index in [1.54, 1.807) is 17.0 Å². The number of aryl methyl sites for hydroxylation is 1. The topological polar surface area (TPSA) is 84.5 Å². The maximum atomic E-state index is 13.3. The number of carbonyl (C=O) groups is 1. The van der Waals surface area contributed by atoms with E-state index in [1.807, 2.05) is 0 Å². The van der Waals surface area contributed by atoms with Gasteiger partial charge in [-0.15, -0.1) is 0 Å². The van der Waals surface area contributed by atoms with Crippen LogP contribution in [0.15, 0.2) is 40.1 Å². The van der Waals surface area contributed by atoms with Gasteiger partial charge in [0.2, 0.25) is 5.91 Å². The molecule has 3 rings (SSSR count). The maximum absolute atomic E-state index is 13.3. The van der Waals surface area contributed by atoms with Gasteiger partial charge in [0.15, 0.2) is 0 Å². The molecule has 7 nitrogen and oxygen atoms in total. The second-order valence-electron chi connectivity index (χ2n) is 7.31. The Hall–Kier alpha value is -2.74. The second-order valence-corrected chi connectivity index (χ2v) is 7.31. The fourth-order valence-electron chi connectivity index (χ4n) is 3.69. The molecule has 1 aliphatic rings. The summed E-state index contributed by atoms with van der Waals surface area (Å²) < 4.78 is 15.5. The molecular weight excluding hydrogens is 365 g/mol. The standard InChI is InChI=1S/C20H24FN3O4/c1-22-12-16(19(27)23(2)20(22)28)18(26)14-6-8-24(9-7-14)17(25)11-13-4-3-5-15(21)10-13/h3-5,10,12,14,18,26H,6-9,11H2,1-2H3. The van der Waals surface area contributed by atoms with Crippen molar-refractivity contribution in [1.29, 1.82) is 0 Å². The lowest BCUT2D eigenvalue weighted by atomic mass is 9.88. The van der Waals surface area contributed by atoms with E-state index in [1.165, 1.54) is 37.0 Å². The van der Waals surface area contributed by atoms with E-state index in [0.717, 1.165) is 4.57 Å². The van der Waals surface area contributed by atoms with Crippen LogP contribution >= 0.6 is 0 Å². The summed E-state index contributed by atoms with van der Waals surface area (Å²) in [6.45, 7) is 0.921. The Bertz CT molecular complexity index is 990. The molecule has 2 heterocycles. The highest BCUT2D eigenvalue weighted by Gasteiger charge is 2.30. The summed E-state index contributed by atoms with van der Waals surface area (Å²) in [6, 6.07) is 5.98. The van der Waals surface area contributed by atoms with Crippen LogP contribution in [-0.2, 0) is 25.3 Å². The van der Waals surface area contributed by atoms with Crippen molar-refractivity contribution in [2.75, 3.05) is 13.1 Å². The van der Waals surface area contributed by atoms with Crippen LogP contribution < -0.4 is 11.2 Å². The van der Waals surface area contributed by atoms with E-state index < -0.39 is 17.4 Å². The van der Waals surface area contributed by atoms with Crippen LogP contribution in [0, 0.1) is 11.7 Å². The lowest BCUT2D eigenvalue weighted by Crippen LogP contribution is -2.43. The summed E-state index contributed by atoms with van der Waals surface area (Å²) in [6.07, 6.45) is 1.61. The molecule has 1 aliphatic heterocycles. The van der Waals surface area contributed by atoms with Gasteiger partial charge >= 0.3 is 5.69 Å². The SMILES string of the molecule is Cn1cc(C(O)C2CCN(C(=O)Cc3cccc(F)c3)CC2)c(=O)n(C)c1=O. The molecule has 1 N–H and O–H groups in total. The van der Waals surface area contributed by atoms with Gasteiger partial charge in [-0.3, -0.25) is 14.2 Å². The molecule has 0 saturated carbocycles. The zero-order chi connectivity index (χ0) is 20.4. The third-order valence-electron chi connectivity index (χ3n) is 5.37. The van der Waals surface area contributed by atoms with Crippen LogP contribution in [0.3, 0.4) is 0 Å². The number of hydrogen-bond acceptors (Lipinski definition) is 4. The molecule has 1 aromatic heterocycles. The number of piperidine rings is 1. The van der Waals surface area contributed by atoms with Crippen LogP contribution in [0.4, 0.5) is 4.39 Å². The first kappa shape index (κ1) is 20.0. The van der Waals surface area contributed by atoms with Crippen molar-refractivity contribution in [2.24, 2.45) is 20.0 Å². The number of aliphatic hydroxyl groups is 1. The van der Waals surface area contributed by atoms with E-state index in [0.29, 0.717) is 31.5 Å². The second kappa shape index (κ2) is 8.10. The fraction of sp³-hybridized carbons (Fsp3) is 0.450. The summed E-state index contributed by atoms with van der Waals surface area (Å²) in [7, 11) is 2.92. The van der Waals surface area contributed by atoms with Gasteiger partial charge in [0, 0.05) is 33.4 Å². The summed E-state index contributed by atoms with van der Waals surface area (Å²) >= 11 is 0. The monoisotopic (exact) mass is 389 g/mol. The molecule has 1 unspecified atom stereocenters. The number of carbonyl (C=O) groups excluding carboxylic acids is 1. The third kappa shape index (κ3) is 4.06. The quantitative estimate of drug-likeness (QED) is 0.836. The van der Waals surface area contributed by atoms with Gasteiger partial charge in [0.1, 0.15) is 5.82 Å². The van der Waals surface area contributed by atoms with Gasteiger partial charge in [-0.05, 0) is 36.5 Å². The molecule has 8 heteroatoms. The summed E-state index contributed by atoms with van der Waals surface area (Å²) in [5.41, 5.74) is -0.131. The Kier molecular flexibility index (Phi) is 5.79. The summed E-state index contributed by atoms with van der Waals surface area (Å²) in [4.78, 5) is 38.3. The normalized spacial score (nSPS) is 16.2. The zero-order valence-electron chi connectivity index (χ0n) is 16.0. The van der Waals surface area contributed by atoms with Crippen LogP contribution in [0.2, 0.25) is 0 Å². The van der Waals surface area contributed by atoms with Crippen molar-refractivity contribution in [3.63, 3.8) is 0 Å². The summed E-state index contributed by atoms with van der Waals surface area (Å²) in [5, 5.41) is 10.7. The smallest absolute Gasteiger partial charge is 0.330 e. The highest BCUT2D eigenvalue weighted by atomic mass is 19.1. The molecule has 150 valence electrons. The number of benzene rings is 1. The van der Waals surface area contributed by atoms with E-state index in [9.17, 15) is 23.9 Å². The minimum absolute atomic E-state index is 0.0865. The number of rotatable bonds is 4. The number of aromatic nitrogens is 2. The number of amides is 1. The molecule has 1 aromatic carbocycles. The van der Waals surface area contributed by atoms with Crippen molar-refractivity contribution < 1.29 is 14.3 Å². The Balaban J connectivity index is 1.64. The average molecular weight is 389 g/mol. The highest BCUT2D eigenvalue weighted by Crippen LogP contribution is 2.29. The summed E-state index contributed by atoms with van der Waals surface area (Å²) in [5.74, 6) is -0.633. The molecular formula is C20H24FN3O4. The van der Waals surface area contributed by atoms with Crippen molar-refractivity contribution in [3.05, 3.63) is 68.2 Å². The largest absolute Gasteiger partial charge is 0.388 e. The molecule has 0 aliphatic carbocycles. The third-order valence-corrected chi connectivity index (χ3v) is 5.37.